The highest BCUT2D eigenvalue weighted by molar-refractivity contribution is 6.06. The smallest absolute Gasteiger partial charge is 0.252 e. The van der Waals surface area contributed by atoms with Gasteiger partial charge in [-0.1, -0.05) is 11.6 Å². The number of benzene rings is 1. The van der Waals surface area contributed by atoms with Crippen molar-refractivity contribution in [2.45, 2.75) is 46.2 Å². The number of pyridine rings is 1. The zero-order chi connectivity index (χ0) is 18.3. The molecule has 2 aromatic heterocycles. The molecule has 6 heteroatoms. The van der Waals surface area contributed by atoms with E-state index in [1.165, 1.54) is 0 Å². The van der Waals surface area contributed by atoms with Crippen LogP contribution < -0.4 is 5.32 Å². The molecule has 1 saturated carbocycles. The van der Waals surface area contributed by atoms with Gasteiger partial charge < -0.3 is 5.32 Å². The van der Waals surface area contributed by atoms with Gasteiger partial charge in [0.1, 0.15) is 12.2 Å². The second-order valence-electron chi connectivity index (χ2n) is 7.05. The predicted molar refractivity (Wildman–Crippen MR) is 99.8 cm³/mol. The van der Waals surface area contributed by atoms with E-state index in [1.54, 1.807) is 6.33 Å². The van der Waals surface area contributed by atoms with Crippen molar-refractivity contribution in [1.82, 2.24) is 25.1 Å². The summed E-state index contributed by atoms with van der Waals surface area (Å²) in [4.78, 5) is 22.1. The molecule has 0 bridgehead atoms. The number of hydrogen-bond acceptors (Lipinski definition) is 4. The SMILES string of the molecule is CCn1ncnc1[C@@H](NC(=O)c1cc(C)nc2ccc(C)cc12)C1CC1. The largest absolute Gasteiger partial charge is 0.342 e. The first-order valence-corrected chi connectivity index (χ1v) is 9.13. The van der Waals surface area contributed by atoms with E-state index >= 15 is 0 Å². The maximum absolute atomic E-state index is 13.2. The van der Waals surface area contributed by atoms with Gasteiger partial charge in [0, 0.05) is 17.6 Å². The van der Waals surface area contributed by atoms with E-state index in [4.69, 9.17) is 0 Å². The first-order chi connectivity index (χ1) is 12.6. The van der Waals surface area contributed by atoms with Crippen LogP contribution in [-0.2, 0) is 6.54 Å². The van der Waals surface area contributed by atoms with E-state index in [1.807, 2.05) is 49.7 Å². The van der Waals surface area contributed by atoms with Gasteiger partial charge in [0.25, 0.3) is 5.91 Å². The van der Waals surface area contributed by atoms with Crippen LogP contribution in [0.15, 0.2) is 30.6 Å². The highest BCUT2D eigenvalue weighted by Gasteiger charge is 2.36. The summed E-state index contributed by atoms with van der Waals surface area (Å²) in [5.74, 6) is 1.20. The van der Waals surface area contributed by atoms with Crippen molar-refractivity contribution >= 4 is 16.8 Å². The Morgan fingerprint density at radius 3 is 2.85 bits per heavy atom. The van der Waals surface area contributed by atoms with Gasteiger partial charge in [0.05, 0.1) is 17.1 Å². The van der Waals surface area contributed by atoms with Crippen LogP contribution in [0.5, 0.6) is 0 Å². The van der Waals surface area contributed by atoms with Crippen LogP contribution in [0.3, 0.4) is 0 Å². The number of aromatic nitrogens is 4. The van der Waals surface area contributed by atoms with E-state index in [-0.39, 0.29) is 11.9 Å². The highest BCUT2D eigenvalue weighted by Crippen LogP contribution is 2.40. The number of nitrogens with one attached hydrogen (secondary N) is 1. The maximum Gasteiger partial charge on any atom is 0.252 e. The van der Waals surface area contributed by atoms with Crippen molar-refractivity contribution in [2.75, 3.05) is 0 Å². The van der Waals surface area contributed by atoms with Gasteiger partial charge >= 0.3 is 0 Å². The minimum Gasteiger partial charge on any atom is -0.342 e. The summed E-state index contributed by atoms with van der Waals surface area (Å²) in [6.45, 7) is 6.72. The zero-order valence-electron chi connectivity index (χ0n) is 15.4. The molecule has 0 unspecified atom stereocenters. The molecule has 1 aliphatic rings. The summed E-state index contributed by atoms with van der Waals surface area (Å²) in [7, 11) is 0. The summed E-state index contributed by atoms with van der Waals surface area (Å²) >= 11 is 0. The average molecular weight is 349 g/mol. The van der Waals surface area contributed by atoms with Crippen LogP contribution in [0, 0.1) is 19.8 Å². The third kappa shape index (κ3) is 3.07. The number of nitrogens with zero attached hydrogens (tertiary/aromatic N) is 4. The molecule has 1 amide bonds. The Kier molecular flexibility index (Phi) is 4.18. The summed E-state index contributed by atoms with van der Waals surface area (Å²) < 4.78 is 1.86. The molecule has 1 aromatic carbocycles. The number of carbonyl (C=O) groups is 1. The fraction of sp³-hybridized carbons (Fsp3) is 0.400. The number of rotatable bonds is 5. The third-order valence-corrected chi connectivity index (χ3v) is 4.94. The number of fused-ring (bicyclic) bond motifs is 1. The standard InChI is InChI=1S/C20H23N5O/c1-4-25-19(21-11-22-25)18(14-6-7-14)24-20(26)16-10-13(3)23-17-8-5-12(2)9-15(16)17/h5,8-11,14,18H,4,6-7H2,1-3H3,(H,24,26)/t18-/m0/s1. The van der Waals surface area contributed by atoms with E-state index in [9.17, 15) is 4.79 Å². The van der Waals surface area contributed by atoms with Crippen molar-refractivity contribution in [3.63, 3.8) is 0 Å². The molecule has 2 heterocycles. The van der Waals surface area contributed by atoms with Crippen molar-refractivity contribution in [3.8, 4) is 0 Å². The van der Waals surface area contributed by atoms with Crippen LogP contribution >= 0.6 is 0 Å². The molecule has 1 atom stereocenters. The summed E-state index contributed by atoms with van der Waals surface area (Å²) in [5, 5.41) is 8.38. The molecule has 4 rings (SSSR count). The first-order valence-electron chi connectivity index (χ1n) is 9.13. The predicted octanol–water partition coefficient (Wildman–Crippen LogP) is 3.34. The molecule has 1 fully saturated rings. The lowest BCUT2D eigenvalue weighted by Gasteiger charge is -2.19. The molecule has 0 saturated heterocycles. The van der Waals surface area contributed by atoms with Crippen LogP contribution in [-0.4, -0.2) is 25.7 Å². The van der Waals surface area contributed by atoms with Gasteiger partial charge in [-0.05, 0) is 57.7 Å². The molecule has 26 heavy (non-hydrogen) atoms. The summed E-state index contributed by atoms with van der Waals surface area (Å²) in [6, 6.07) is 7.79. The van der Waals surface area contributed by atoms with Crippen molar-refractivity contribution in [3.05, 3.63) is 53.2 Å². The molecular formula is C20H23N5O. The quantitative estimate of drug-likeness (QED) is 0.767. The van der Waals surface area contributed by atoms with Crippen LogP contribution in [0.2, 0.25) is 0 Å². The molecule has 0 radical (unpaired) electrons. The Bertz CT molecular complexity index is 973. The second-order valence-corrected chi connectivity index (χ2v) is 7.05. The number of carbonyl (C=O) groups excluding carboxylic acids is 1. The first kappa shape index (κ1) is 16.7. The van der Waals surface area contributed by atoms with Gasteiger partial charge in [-0.25, -0.2) is 9.67 Å². The monoisotopic (exact) mass is 349 g/mol. The minimum absolute atomic E-state index is 0.0753. The normalized spacial score (nSPS) is 15.2. The number of amides is 1. The van der Waals surface area contributed by atoms with Crippen molar-refractivity contribution in [1.29, 1.82) is 0 Å². The molecule has 134 valence electrons. The van der Waals surface area contributed by atoms with E-state index in [2.05, 4.69) is 20.4 Å². The lowest BCUT2D eigenvalue weighted by molar-refractivity contribution is 0.0930. The lowest BCUT2D eigenvalue weighted by atomic mass is 10.0. The van der Waals surface area contributed by atoms with Crippen LogP contribution in [0.25, 0.3) is 10.9 Å². The van der Waals surface area contributed by atoms with E-state index < -0.39 is 0 Å². The third-order valence-electron chi connectivity index (χ3n) is 4.94. The molecular weight excluding hydrogens is 326 g/mol. The Hall–Kier alpha value is -2.76. The zero-order valence-corrected chi connectivity index (χ0v) is 15.4. The second kappa shape index (κ2) is 6.52. The fourth-order valence-corrected chi connectivity index (χ4v) is 3.46. The lowest BCUT2D eigenvalue weighted by Crippen LogP contribution is -2.32. The Labute approximate surface area is 152 Å². The number of aryl methyl sites for hydroxylation is 3. The van der Waals surface area contributed by atoms with Gasteiger partial charge in [0.15, 0.2) is 0 Å². The average Bonchev–Trinajstić information content (AvgIpc) is 3.36. The Morgan fingerprint density at radius 2 is 2.12 bits per heavy atom. The van der Waals surface area contributed by atoms with Gasteiger partial charge in [-0.15, -0.1) is 0 Å². The van der Waals surface area contributed by atoms with Gasteiger partial charge in [-0.3, -0.25) is 9.78 Å². The van der Waals surface area contributed by atoms with Crippen molar-refractivity contribution < 1.29 is 4.79 Å². The maximum atomic E-state index is 13.2. The molecule has 6 nitrogen and oxygen atoms in total. The summed E-state index contributed by atoms with van der Waals surface area (Å²) in [6.07, 6.45) is 3.78. The summed E-state index contributed by atoms with van der Waals surface area (Å²) in [5.41, 5.74) is 3.47. The van der Waals surface area contributed by atoms with Gasteiger partial charge in [0.2, 0.25) is 0 Å². The fourth-order valence-electron chi connectivity index (χ4n) is 3.46. The highest BCUT2D eigenvalue weighted by atomic mass is 16.1. The molecule has 0 aliphatic heterocycles. The van der Waals surface area contributed by atoms with Gasteiger partial charge in [-0.2, -0.15) is 5.10 Å². The molecule has 3 aromatic rings. The van der Waals surface area contributed by atoms with E-state index in [0.717, 1.165) is 47.4 Å². The van der Waals surface area contributed by atoms with Crippen LogP contribution in [0.4, 0.5) is 0 Å². The van der Waals surface area contributed by atoms with E-state index in [0.29, 0.717) is 11.5 Å². The Balaban J connectivity index is 1.71. The van der Waals surface area contributed by atoms with Crippen molar-refractivity contribution in [2.24, 2.45) is 5.92 Å². The molecule has 1 aliphatic carbocycles. The molecule has 0 spiro atoms. The topological polar surface area (TPSA) is 72.7 Å². The minimum atomic E-state index is -0.0988. The number of hydrogen-bond donors (Lipinski definition) is 1. The molecule has 1 N–H and O–H groups in total. The van der Waals surface area contributed by atoms with Crippen LogP contribution in [0.1, 0.15) is 53.2 Å². The Morgan fingerprint density at radius 1 is 1.31 bits per heavy atom.